The minimum Gasteiger partial charge on any atom is -0.481 e. The van der Waals surface area contributed by atoms with Crippen molar-refractivity contribution in [2.45, 2.75) is 6.18 Å². The molecule has 0 aromatic heterocycles. The molecule has 0 radical (unpaired) electrons. The summed E-state index contributed by atoms with van der Waals surface area (Å²) in [6.07, 6.45) is -4.41. The number of hydrogen-bond donors (Lipinski definition) is 2. The number of nitrogens with one attached hydrogen (secondary N) is 1. The standard InChI is InChI=1S/C6H8F3NO2.ClH/c7-6(8,9)4-2-10-1-3(4)5(11)12;/h3-4,10H,1-2H2,(H,11,12);1H/t3-,4-;/m1./s1. The van der Waals surface area contributed by atoms with Gasteiger partial charge in [0.1, 0.15) is 0 Å². The Labute approximate surface area is 78.7 Å². The number of hydrogen-bond acceptors (Lipinski definition) is 2. The molecule has 0 aromatic carbocycles. The number of halogens is 4. The molecule has 78 valence electrons. The van der Waals surface area contributed by atoms with Crippen LogP contribution in [0.5, 0.6) is 0 Å². The van der Waals surface area contributed by atoms with Crippen molar-refractivity contribution in [3.63, 3.8) is 0 Å². The van der Waals surface area contributed by atoms with Crippen molar-refractivity contribution in [1.82, 2.24) is 5.32 Å². The summed E-state index contributed by atoms with van der Waals surface area (Å²) < 4.78 is 36.2. The second kappa shape index (κ2) is 4.15. The van der Waals surface area contributed by atoms with Crippen molar-refractivity contribution < 1.29 is 23.1 Å². The van der Waals surface area contributed by atoms with E-state index in [9.17, 15) is 18.0 Å². The monoisotopic (exact) mass is 219 g/mol. The van der Waals surface area contributed by atoms with E-state index in [1.54, 1.807) is 0 Å². The van der Waals surface area contributed by atoms with Gasteiger partial charge in [-0.3, -0.25) is 4.79 Å². The zero-order valence-corrected chi connectivity index (χ0v) is 7.28. The Bertz CT molecular complexity index is 197. The lowest BCUT2D eigenvalue weighted by Crippen LogP contribution is -2.33. The van der Waals surface area contributed by atoms with Gasteiger partial charge in [0, 0.05) is 13.1 Å². The molecule has 0 amide bonds. The van der Waals surface area contributed by atoms with Crippen molar-refractivity contribution >= 4 is 18.4 Å². The van der Waals surface area contributed by atoms with Gasteiger partial charge in [0.2, 0.25) is 0 Å². The average Bonchev–Trinajstić information content (AvgIpc) is 2.30. The molecule has 1 aliphatic rings. The zero-order valence-electron chi connectivity index (χ0n) is 6.47. The molecule has 3 nitrogen and oxygen atoms in total. The molecule has 0 spiro atoms. The predicted molar refractivity (Wildman–Crippen MR) is 40.8 cm³/mol. The normalized spacial score (nSPS) is 28.2. The molecule has 1 aliphatic heterocycles. The molecule has 13 heavy (non-hydrogen) atoms. The first-order chi connectivity index (χ1) is 5.43. The Morgan fingerprint density at radius 3 is 2.23 bits per heavy atom. The Balaban J connectivity index is 0.00000144. The third kappa shape index (κ3) is 2.73. The maximum Gasteiger partial charge on any atom is 0.393 e. The lowest BCUT2D eigenvalue weighted by atomic mass is 9.96. The highest BCUT2D eigenvalue weighted by atomic mass is 35.5. The molecule has 1 saturated heterocycles. The number of carbonyl (C=O) groups is 1. The molecular formula is C6H9ClF3NO2. The first-order valence-corrected chi connectivity index (χ1v) is 3.43. The van der Waals surface area contributed by atoms with Crippen LogP contribution in [-0.4, -0.2) is 30.3 Å². The molecule has 0 bridgehead atoms. The Hall–Kier alpha value is -0.490. The van der Waals surface area contributed by atoms with Gasteiger partial charge >= 0.3 is 12.1 Å². The number of carboxylic acids is 1. The van der Waals surface area contributed by atoms with Gasteiger partial charge in [0.15, 0.2) is 0 Å². The van der Waals surface area contributed by atoms with Crippen molar-refractivity contribution in [1.29, 1.82) is 0 Å². The van der Waals surface area contributed by atoms with Crippen molar-refractivity contribution in [2.24, 2.45) is 11.8 Å². The van der Waals surface area contributed by atoms with Gasteiger partial charge in [-0.1, -0.05) is 0 Å². The van der Waals surface area contributed by atoms with Crippen LogP contribution in [0.4, 0.5) is 13.2 Å². The van der Waals surface area contributed by atoms with Crippen LogP contribution in [0.1, 0.15) is 0 Å². The topological polar surface area (TPSA) is 49.3 Å². The molecule has 1 rings (SSSR count). The SMILES string of the molecule is Cl.O=C(O)[C@@H]1CNC[C@H]1C(F)(F)F. The first kappa shape index (κ1) is 12.5. The summed E-state index contributed by atoms with van der Waals surface area (Å²) in [7, 11) is 0. The van der Waals surface area contributed by atoms with Crippen LogP contribution in [-0.2, 0) is 4.79 Å². The number of aliphatic carboxylic acids is 1. The quantitative estimate of drug-likeness (QED) is 0.689. The van der Waals surface area contributed by atoms with Crippen molar-refractivity contribution in [3.05, 3.63) is 0 Å². The van der Waals surface area contributed by atoms with E-state index in [1.165, 1.54) is 0 Å². The van der Waals surface area contributed by atoms with E-state index in [0.717, 1.165) is 0 Å². The van der Waals surface area contributed by atoms with E-state index < -0.39 is 24.0 Å². The molecule has 0 aliphatic carbocycles. The van der Waals surface area contributed by atoms with Crippen molar-refractivity contribution in [3.8, 4) is 0 Å². The summed E-state index contributed by atoms with van der Waals surface area (Å²) in [5.41, 5.74) is 0. The predicted octanol–water partition coefficient (Wildman–Crippen LogP) is 0.891. The van der Waals surface area contributed by atoms with Gasteiger partial charge in [-0.05, 0) is 0 Å². The van der Waals surface area contributed by atoms with E-state index >= 15 is 0 Å². The van der Waals surface area contributed by atoms with Gasteiger partial charge in [0.25, 0.3) is 0 Å². The zero-order chi connectivity index (χ0) is 9.35. The molecule has 0 saturated carbocycles. The average molecular weight is 220 g/mol. The maximum absolute atomic E-state index is 12.1. The van der Waals surface area contributed by atoms with Crippen LogP contribution in [0.2, 0.25) is 0 Å². The Kier molecular flexibility index (Phi) is 3.99. The van der Waals surface area contributed by atoms with E-state index in [0.29, 0.717) is 0 Å². The Morgan fingerprint density at radius 1 is 1.38 bits per heavy atom. The highest BCUT2D eigenvalue weighted by Gasteiger charge is 2.49. The largest absolute Gasteiger partial charge is 0.481 e. The second-order valence-electron chi connectivity index (χ2n) is 2.75. The lowest BCUT2D eigenvalue weighted by molar-refractivity contribution is -0.187. The van der Waals surface area contributed by atoms with E-state index in [2.05, 4.69) is 5.32 Å². The summed E-state index contributed by atoms with van der Waals surface area (Å²) in [6, 6.07) is 0. The molecule has 1 fully saturated rings. The highest BCUT2D eigenvalue weighted by molar-refractivity contribution is 5.85. The van der Waals surface area contributed by atoms with E-state index in [4.69, 9.17) is 5.11 Å². The minimum absolute atomic E-state index is 0. The summed E-state index contributed by atoms with van der Waals surface area (Å²) in [5.74, 6) is -4.46. The van der Waals surface area contributed by atoms with Crippen LogP contribution in [0.15, 0.2) is 0 Å². The lowest BCUT2D eigenvalue weighted by Gasteiger charge is -2.17. The summed E-state index contributed by atoms with van der Waals surface area (Å²) in [6.45, 7) is -0.389. The molecule has 0 aromatic rings. The molecular weight excluding hydrogens is 211 g/mol. The summed E-state index contributed by atoms with van der Waals surface area (Å²) in [4.78, 5) is 10.3. The highest BCUT2D eigenvalue weighted by Crippen LogP contribution is 2.34. The van der Waals surface area contributed by atoms with Gasteiger partial charge in [-0.2, -0.15) is 13.2 Å². The Morgan fingerprint density at radius 2 is 1.92 bits per heavy atom. The molecule has 2 atom stereocenters. The van der Waals surface area contributed by atoms with Crippen LogP contribution < -0.4 is 5.32 Å². The second-order valence-corrected chi connectivity index (χ2v) is 2.75. The van der Waals surface area contributed by atoms with E-state index in [1.807, 2.05) is 0 Å². The fourth-order valence-electron chi connectivity index (χ4n) is 1.28. The van der Waals surface area contributed by atoms with Gasteiger partial charge in [-0.15, -0.1) is 12.4 Å². The van der Waals surface area contributed by atoms with Gasteiger partial charge in [0.05, 0.1) is 11.8 Å². The minimum atomic E-state index is -4.41. The fraction of sp³-hybridized carbons (Fsp3) is 0.833. The third-order valence-corrected chi connectivity index (χ3v) is 1.95. The summed E-state index contributed by atoms with van der Waals surface area (Å²) >= 11 is 0. The van der Waals surface area contributed by atoms with Crippen LogP contribution in [0.3, 0.4) is 0 Å². The van der Waals surface area contributed by atoms with Gasteiger partial charge in [-0.25, -0.2) is 0 Å². The number of alkyl halides is 3. The molecule has 0 unspecified atom stereocenters. The smallest absolute Gasteiger partial charge is 0.393 e. The number of rotatable bonds is 1. The summed E-state index contributed by atoms with van der Waals surface area (Å²) in [5, 5.41) is 10.8. The van der Waals surface area contributed by atoms with Gasteiger partial charge < -0.3 is 10.4 Å². The molecule has 1 heterocycles. The molecule has 7 heteroatoms. The van der Waals surface area contributed by atoms with Crippen molar-refractivity contribution in [2.75, 3.05) is 13.1 Å². The maximum atomic E-state index is 12.1. The van der Waals surface area contributed by atoms with Crippen LogP contribution >= 0.6 is 12.4 Å². The fourth-order valence-corrected chi connectivity index (χ4v) is 1.28. The first-order valence-electron chi connectivity index (χ1n) is 3.43. The van der Waals surface area contributed by atoms with E-state index in [-0.39, 0.29) is 25.5 Å². The van der Waals surface area contributed by atoms with Crippen LogP contribution in [0.25, 0.3) is 0 Å². The van der Waals surface area contributed by atoms with Crippen LogP contribution in [0, 0.1) is 11.8 Å². The molecule has 2 N–H and O–H groups in total. The number of carboxylic acid groups (broad SMARTS) is 1. The third-order valence-electron chi connectivity index (χ3n) is 1.95.